The maximum absolute atomic E-state index is 14.7. The summed E-state index contributed by atoms with van der Waals surface area (Å²) >= 11 is 0.895. The number of rotatable bonds is 6. The minimum Gasteiger partial charge on any atom is -0.384 e. The van der Waals surface area contributed by atoms with Crippen LogP contribution in [0.3, 0.4) is 0 Å². The van der Waals surface area contributed by atoms with E-state index in [2.05, 4.69) is 10.2 Å². The van der Waals surface area contributed by atoms with Gasteiger partial charge in [-0.05, 0) is 12.1 Å². The van der Waals surface area contributed by atoms with Crippen molar-refractivity contribution in [3.05, 3.63) is 86.6 Å². The van der Waals surface area contributed by atoms with Gasteiger partial charge in [-0.1, -0.05) is 42.1 Å². The molecule has 0 unspecified atom stereocenters. The SMILES string of the molecule is Cn1c(N)c(C(=O)CSc2nnc(-c3ccccc3)n2-c2ccc(F)cc2F)c(=O)n(C)c1=O. The molecule has 0 bridgehead atoms. The summed E-state index contributed by atoms with van der Waals surface area (Å²) < 4.78 is 31.4. The summed E-state index contributed by atoms with van der Waals surface area (Å²) in [7, 11) is 2.59. The quantitative estimate of drug-likeness (QED) is 0.329. The predicted molar refractivity (Wildman–Crippen MR) is 123 cm³/mol. The summed E-state index contributed by atoms with van der Waals surface area (Å²) in [6, 6.07) is 11.9. The summed E-state index contributed by atoms with van der Waals surface area (Å²) in [4.78, 5) is 37.4. The third-order valence-corrected chi connectivity index (χ3v) is 6.07. The number of carbonyl (C=O) groups excluding carboxylic acids is 1. The average Bonchev–Trinajstić information content (AvgIpc) is 3.24. The minimum atomic E-state index is -0.846. The van der Waals surface area contributed by atoms with Gasteiger partial charge in [0, 0.05) is 25.7 Å². The molecule has 4 aromatic rings. The molecule has 2 aromatic heterocycles. The van der Waals surface area contributed by atoms with E-state index >= 15 is 0 Å². The third kappa shape index (κ3) is 4.03. The molecule has 12 heteroatoms. The van der Waals surface area contributed by atoms with Gasteiger partial charge in [0.05, 0.1) is 11.4 Å². The molecule has 0 saturated heterocycles. The molecule has 0 saturated carbocycles. The minimum absolute atomic E-state index is 0.0160. The fourth-order valence-corrected chi connectivity index (χ4v) is 4.16. The number of nitrogens with two attached hydrogens (primary N) is 1. The third-order valence-electron chi connectivity index (χ3n) is 5.14. The highest BCUT2D eigenvalue weighted by Crippen LogP contribution is 2.30. The number of hydrogen-bond acceptors (Lipinski definition) is 7. The summed E-state index contributed by atoms with van der Waals surface area (Å²) in [6.07, 6.45) is 0. The van der Waals surface area contributed by atoms with Gasteiger partial charge < -0.3 is 5.73 Å². The fraction of sp³-hybridized carbons (Fsp3) is 0.136. The van der Waals surface area contributed by atoms with Crippen molar-refractivity contribution in [1.82, 2.24) is 23.9 Å². The molecule has 0 spiro atoms. The maximum atomic E-state index is 14.7. The van der Waals surface area contributed by atoms with Gasteiger partial charge >= 0.3 is 5.69 Å². The van der Waals surface area contributed by atoms with Crippen LogP contribution in [0, 0.1) is 11.6 Å². The van der Waals surface area contributed by atoms with E-state index < -0.39 is 28.7 Å². The van der Waals surface area contributed by atoms with Gasteiger partial charge in [-0.15, -0.1) is 10.2 Å². The van der Waals surface area contributed by atoms with Gasteiger partial charge in [0.2, 0.25) is 0 Å². The van der Waals surface area contributed by atoms with Crippen LogP contribution in [0.2, 0.25) is 0 Å². The summed E-state index contributed by atoms with van der Waals surface area (Å²) in [5.74, 6) is -2.52. The number of halogens is 2. The van der Waals surface area contributed by atoms with Crippen molar-refractivity contribution in [1.29, 1.82) is 0 Å². The Bertz CT molecular complexity index is 1530. The molecule has 34 heavy (non-hydrogen) atoms. The summed E-state index contributed by atoms with van der Waals surface area (Å²) in [5, 5.41) is 8.36. The Morgan fingerprint density at radius 1 is 1.03 bits per heavy atom. The van der Waals surface area contributed by atoms with Crippen molar-refractivity contribution in [3.63, 3.8) is 0 Å². The van der Waals surface area contributed by atoms with Crippen molar-refractivity contribution >= 4 is 23.4 Å². The van der Waals surface area contributed by atoms with Gasteiger partial charge in [-0.25, -0.2) is 13.6 Å². The Labute approximate surface area is 195 Å². The zero-order chi connectivity index (χ0) is 24.6. The molecule has 2 aromatic carbocycles. The molecule has 0 amide bonds. The van der Waals surface area contributed by atoms with Crippen molar-refractivity contribution < 1.29 is 13.6 Å². The van der Waals surface area contributed by atoms with Crippen molar-refractivity contribution in [3.8, 4) is 17.1 Å². The highest BCUT2D eigenvalue weighted by atomic mass is 32.2. The Kier molecular flexibility index (Phi) is 6.16. The lowest BCUT2D eigenvalue weighted by atomic mass is 10.2. The van der Waals surface area contributed by atoms with Crippen LogP contribution in [-0.4, -0.2) is 35.4 Å². The Hall–Kier alpha value is -4.06. The van der Waals surface area contributed by atoms with E-state index in [1.54, 1.807) is 30.3 Å². The summed E-state index contributed by atoms with van der Waals surface area (Å²) in [5.41, 5.74) is 4.65. The number of aromatic nitrogens is 5. The number of anilines is 1. The molecule has 174 valence electrons. The van der Waals surface area contributed by atoms with Crippen molar-refractivity contribution in [2.24, 2.45) is 14.1 Å². The van der Waals surface area contributed by atoms with E-state index in [0.29, 0.717) is 5.56 Å². The molecule has 0 aliphatic heterocycles. The van der Waals surface area contributed by atoms with E-state index in [9.17, 15) is 23.2 Å². The lowest BCUT2D eigenvalue weighted by molar-refractivity contribution is 0.102. The molecule has 2 heterocycles. The van der Waals surface area contributed by atoms with E-state index in [1.165, 1.54) is 24.7 Å². The molecule has 9 nitrogen and oxygen atoms in total. The molecule has 0 radical (unpaired) electrons. The van der Waals surface area contributed by atoms with Crippen molar-refractivity contribution in [2.45, 2.75) is 5.16 Å². The molecular weight excluding hydrogens is 466 g/mol. The topological polar surface area (TPSA) is 118 Å². The number of ketones is 1. The normalized spacial score (nSPS) is 11.1. The average molecular weight is 484 g/mol. The van der Waals surface area contributed by atoms with Gasteiger partial charge in [0.1, 0.15) is 23.0 Å². The Morgan fingerprint density at radius 2 is 1.74 bits per heavy atom. The molecule has 2 N–H and O–H groups in total. The van der Waals surface area contributed by atoms with E-state index in [-0.39, 0.29) is 33.8 Å². The first-order valence-corrected chi connectivity index (χ1v) is 10.9. The second-order valence-electron chi connectivity index (χ2n) is 7.28. The summed E-state index contributed by atoms with van der Waals surface area (Å²) in [6.45, 7) is 0. The molecule has 0 aliphatic carbocycles. The first-order valence-electron chi connectivity index (χ1n) is 9.88. The fourth-order valence-electron chi connectivity index (χ4n) is 3.34. The van der Waals surface area contributed by atoms with Gasteiger partial charge in [0.15, 0.2) is 16.8 Å². The van der Waals surface area contributed by atoms with Gasteiger partial charge in [-0.2, -0.15) is 0 Å². The first kappa shape index (κ1) is 23.1. The molecular formula is C22H18F2N6O3S. The number of thioether (sulfide) groups is 1. The predicted octanol–water partition coefficient (Wildman–Crippen LogP) is 2.17. The van der Waals surface area contributed by atoms with E-state index in [0.717, 1.165) is 33.0 Å². The highest BCUT2D eigenvalue weighted by Gasteiger charge is 2.23. The second kappa shape index (κ2) is 9.06. The van der Waals surface area contributed by atoms with Crippen LogP contribution >= 0.6 is 11.8 Å². The first-order chi connectivity index (χ1) is 16.2. The Morgan fingerprint density at radius 3 is 2.41 bits per heavy atom. The highest BCUT2D eigenvalue weighted by molar-refractivity contribution is 7.99. The maximum Gasteiger partial charge on any atom is 0.332 e. The lowest BCUT2D eigenvalue weighted by Gasteiger charge is -2.12. The molecule has 0 atom stereocenters. The van der Waals surface area contributed by atoms with Crippen LogP contribution in [0.5, 0.6) is 0 Å². The second-order valence-corrected chi connectivity index (χ2v) is 8.22. The monoisotopic (exact) mass is 484 g/mol. The van der Waals surface area contributed by atoms with E-state index in [1.807, 2.05) is 0 Å². The number of benzene rings is 2. The molecule has 0 aliphatic rings. The number of carbonyl (C=O) groups is 1. The molecule has 4 rings (SSSR count). The van der Waals surface area contributed by atoms with Crippen LogP contribution in [0.1, 0.15) is 10.4 Å². The van der Waals surface area contributed by atoms with Gasteiger partial charge in [-0.3, -0.25) is 23.3 Å². The Balaban J connectivity index is 1.75. The lowest BCUT2D eigenvalue weighted by Crippen LogP contribution is -2.41. The standard InChI is InChI=1S/C22H18F2N6O3S/c1-28-18(25)17(20(32)29(2)22(28)33)16(31)11-34-21-27-26-19(12-6-4-3-5-7-12)30(21)15-9-8-13(23)10-14(15)24/h3-10H,11,25H2,1-2H3. The number of Topliss-reactive ketones (excluding diaryl/α,β-unsaturated/α-hetero) is 1. The van der Waals surface area contributed by atoms with Crippen molar-refractivity contribution in [2.75, 3.05) is 11.5 Å². The van der Waals surface area contributed by atoms with Crippen LogP contribution in [0.4, 0.5) is 14.6 Å². The number of nitrogen functional groups attached to an aromatic ring is 1. The zero-order valence-electron chi connectivity index (χ0n) is 18.0. The van der Waals surface area contributed by atoms with Crippen LogP contribution in [-0.2, 0) is 14.1 Å². The molecule has 0 fully saturated rings. The van der Waals surface area contributed by atoms with Crippen LogP contribution < -0.4 is 17.0 Å². The van der Waals surface area contributed by atoms with Crippen LogP contribution in [0.15, 0.2) is 63.3 Å². The zero-order valence-corrected chi connectivity index (χ0v) is 18.8. The van der Waals surface area contributed by atoms with Crippen LogP contribution in [0.25, 0.3) is 17.1 Å². The smallest absolute Gasteiger partial charge is 0.332 e. The largest absolute Gasteiger partial charge is 0.384 e. The number of hydrogen-bond donors (Lipinski definition) is 1. The van der Waals surface area contributed by atoms with Gasteiger partial charge in [0.25, 0.3) is 5.56 Å². The van der Waals surface area contributed by atoms with E-state index in [4.69, 9.17) is 5.73 Å². The number of nitrogens with zero attached hydrogens (tertiary/aromatic N) is 5.